The minimum absolute atomic E-state index is 0.0178. The molecule has 0 amide bonds. The fourth-order valence-electron chi connectivity index (χ4n) is 2.99. The molecule has 1 saturated carbocycles. The van der Waals surface area contributed by atoms with Gasteiger partial charge in [-0.1, -0.05) is 19.8 Å². The van der Waals surface area contributed by atoms with Gasteiger partial charge in [-0.3, -0.25) is 4.79 Å². The van der Waals surface area contributed by atoms with Gasteiger partial charge in [-0.2, -0.15) is 0 Å². The Labute approximate surface area is 102 Å². The molecule has 1 N–H and O–H groups in total. The van der Waals surface area contributed by atoms with E-state index < -0.39 is 0 Å². The maximum absolute atomic E-state index is 11.2. The minimum Gasteiger partial charge on any atom is -0.462 e. The van der Waals surface area contributed by atoms with E-state index in [4.69, 9.17) is 9.47 Å². The topological polar surface area (TPSA) is 55.8 Å². The van der Waals surface area contributed by atoms with Gasteiger partial charge in [0, 0.05) is 31.5 Å². The average molecular weight is 242 g/mol. The number of rotatable bonds is 6. The highest BCUT2D eigenvalue weighted by atomic mass is 16.6. The van der Waals surface area contributed by atoms with Crippen LogP contribution in [0.3, 0.4) is 0 Å². The number of hydrogen-bond donors (Lipinski definition) is 1. The van der Waals surface area contributed by atoms with Gasteiger partial charge < -0.3 is 14.6 Å². The quantitative estimate of drug-likeness (QED) is 0.566. The SMILES string of the molecule is CCCCCOC1CC2OC(=O)CC2C1CO. The number of carbonyl (C=O) groups is 1. The van der Waals surface area contributed by atoms with Crippen LogP contribution in [0.15, 0.2) is 0 Å². The largest absolute Gasteiger partial charge is 0.462 e. The molecule has 1 aliphatic carbocycles. The lowest BCUT2D eigenvalue weighted by atomic mass is 9.93. The van der Waals surface area contributed by atoms with E-state index >= 15 is 0 Å². The normalized spacial score (nSPS) is 36.0. The van der Waals surface area contributed by atoms with Crippen molar-refractivity contribution in [3.8, 4) is 0 Å². The van der Waals surface area contributed by atoms with Gasteiger partial charge in [0.25, 0.3) is 0 Å². The summed E-state index contributed by atoms with van der Waals surface area (Å²) in [5, 5.41) is 9.43. The van der Waals surface area contributed by atoms with Crippen molar-refractivity contribution < 1.29 is 19.4 Å². The molecule has 0 aromatic heterocycles. The van der Waals surface area contributed by atoms with Gasteiger partial charge >= 0.3 is 5.97 Å². The molecule has 17 heavy (non-hydrogen) atoms. The van der Waals surface area contributed by atoms with Crippen molar-refractivity contribution in [2.24, 2.45) is 11.8 Å². The van der Waals surface area contributed by atoms with Gasteiger partial charge in [0.2, 0.25) is 0 Å². The first-order valence-electron chi connectivity index (χ1n) is 6.68. The fourth-order valence-corrected chi connectivity index (χ4v) is 2.99. The number of carbonyl (C=O) groups excluding carboxylic acids is 1. The molecule has 1 saturated heterocycles. The Balaban J connectivity index is 1.81. The number of aliphatic hydroxyl groups is 1. The maximum atomic E-state index is 11.2. The lowest BCUT2D eigenvalue weighted by molar-refractivity contribution is -0.142. The van der Waals surface area contributed by atoms with Crippen LogP contribution in [0.5, 0.6) is 0 Å². The molecule has 0 bridgehead atoms. The second-order valence-corrected chi connectivity index (χ2v) is 5.09. The Hall–Kier alpha value is -0.610. The summed E-state index contributed by atoms with van der Waals surface area (Å²) in [5.41, 5.74) is 0. The number of hydrogen-bond acceptors (Lipinski definition) is 4. The second-order valence-electron chi connectivity index (χ2n) is 5.09. The highest BCUT2D eigenvalue weighted by molar-refractivity contribution is 5.72. The summed E-state index contributed by atoms with van der Waals surface area (Å²) in [4.78, 5) is 11.2. The molecule has 2 fully saturated rings. The highest BCUT2D eigenvalue weighted by Crippen LogP contribution is 2.42. The summed E-state index contributed by atoms with van der Waals surface area (Å²) < 4.78 is 11.1. The molecule has 1 heterocycles. The van der Waals surface area contributed by atoms with Crippen LogP contribution in [0.4, 0.5) is 0 Å². The zero-order chi connectivity index (χ0) is 12.3. The third kappa shape index (κ3) is 2.80. The number of fused-ring (bicyclic) bond motifs is 1. The van der Waals surface area contributed by atoms with E-state index in [1.165, 1.54) is 12.8 Å². The summed E-state index contributed by atoms with van der Waals surface area (Å²) in [5.74, 6) is 0.125. The Kier molecular flexibility index (Phi) is 4.40. The molecule has 98 valence electrons. The molecular formula is C13H22O4. The molecule has 4 atom stereocenters. The van der Waals surface area contributed by atoms with Crippen LogP contribution in [0.1, 0.15) is 39.0 Å². The molecule has 0 radical (unpaired) electrons. The van der Waals surface area contributed by atoms with E-state index in [2.05, 4.69) is 6.92 Å². The fraction of sp³-hybridized carbons (Fsp3) is 0.923. The van der Waals surface area contributed by atoms with Crippen LogP contribution in [-0.2, 0) is 14.3 Å². The number of esters is 1. The van der Waals surface area contributed by atoms with Crippen LogP contribution in [0.25, 0.3) is 0 Å². The van der Waals surface area contributed by atoms with Crippen molar-refractivity contribution in [2.45, 2.75) is 51.2 Å². The third-order valence-electron chi connectivity index (χ3n) is 3.95. The standard InChI is InChI=1S/C13H22O4/c1-2-3-4-5-16-11-7-12-9(10(11)8-14)6-13(15)17-12/h9-12,14H,2-8H2,1H3. The van der Waals surface area contributed by atoms with Crippen molar-refractivity contribution in [1.82, 2.24) is 0 Å². The van der Waals surface area contributed by atoms with Gasteiger partial charge in [0.05, 0.1) is 12.5 Å². The Morgan fingerprint density at radius 3 is 3.00 bits per heavy atom. The summed E-state index contributed by atoms with van der Waals surface area (Å²) >= 11 is 0. The van der Waals surface area contributed by atoms with E-state index in [1.54, 1.807) is 0 Å². The molecular weight excluding hydrogens is 220 g/mol. The van der Waals surface area contributed by atoms with Crippen molar-refractivity contribution >= 4 is 5.97 Å². The predicted octanol–water partition coefficient (Wildman–Crippen LogP) is 1.51. The first-order valence-corrected chi connectivity index (χ1v) is 6.68. The van der Waals surface area contributed by atoms with Crippen molar-refractivity contribution in [1.29, 1.82) is 0 Å². The zero-order valence-electron chi connectivity index (χ0n) is 10.4. The van der Waals surface area contributed by atoms with E-state index in [0.717, 1.165) is 19.4 Å². The van der Waals surface area contributed by atoms with Crippen LogP contribution in [0, 0.1) is 11.8 Å². The molecule has 1 aliphatic heterocycles. The van der Waals surface area contributed by atoms with Gasteiger partial charge in [-0.25, -0.2) is 0 Å². The predicted molar refractivity (Wildman–Crippen MR) is 62.4 cm³/mol. The van der Waals surface area contributed by atoms with Crippen molar-refractivity contribution in [2.75, 3.05) is 13.2 Å². The number of aliphatic hydroxyl groups excluding tert-OH is 1. The molecule has 0 aromatic carbocycles. The van der Waals surface area contributed by atoms with Gasteiger partial charge in [0.1, 0.15) is 6.10 Å². The molecule has 4 heteroatoms. The van der Waals surface area contributed by atoms with Crippen LogP contribution < -0.4 is 0 Å². The van der Waals surface area contributed by atoms with Crippen LogP contribution in [-0.4, -0.2) is 36.5 Å². The van der Waals surface area contributed by atoms with E-state index in [9.17, 15) is 9.90 Å². The summed E-state index contributed by atoms with van der Waals surface area (Å²) in [6.45, 7) is 3.01. The number of ether oxygens (including phenoxy) is 2. The lowest BCUT2D eigenvalue weighted by Gasteiger charge is -2.20. The average Bonchev–Trinajstić information content (AvgIpc) is 2.79. The molecule has 4 nitrogen and oxygen atoms in total. The van der Waals surface area contributed by atoms with Gasteiger partial charge in [-0.05, 0) is 6.42 Å². The maximum Gasteiger partial charge on any atom is 0.306 e. The Bertz CT molecular complexity index is 266. The zero-order valence-corrected chi connectivity index (χ0v) is 10.4. The van der Waals surface area contributed by atoms with E-state index in [-0.39, 0.29) is 36.6 Å². The van der Waals surface area contributed by atoms with E-state index in [1.807, 2.05) is 0 Å². The summed E-state index contributed by atoms with van der Waals surface area (Å²) in [6.07, 6.45) is 4.69. The second kappa shape index (κ2) is 5.83. The van der Waals surface area contributed by atoms with Crippen LogP contribution in [0.2, 0.25) is 0 Å². The van der Waals surface area contributed by atoms with Gasteiger partial charge in [0.15, 0.2) is 0 Å². The highest BCUT2D eigenvalue weighted by Gasteiger charge is 2.50. The number of unbranched alkanes of at least 4 members (excludes halogenated alkanes) is 2. The Morgan fingerprint density at radius 2 is 2.29 bits per heavy atom. The molecule has 4 unspecified atom stereocenters. The van der Waals surface area contributed by atoms with Gasteiger partial charge in [-0.15, -0.1) is 0 Å². The minimum atomic E-state index is -0.122. The molecule has 2 aliphatic rings. The lowest BCUT2D eigenvalue weighted by Crippen LogP contribution is -2.26. The molecule has 2 rings (SSSR count). The van der Waals surface area contributed by atoms with E-state index in [0.29, 0.717) is 6.42 Å². The van der Waals surface area contributed by atoms with Crippen molar-refractivity contribution in [3.05, 3.63) is 0 Å². The third-order valence-corrected chi connectivity index (χ3v) is 3.95. The smallest absolute Gasteiger partial charge is 0.306 e. The van der Waals surface area contributed by atoms with Crippen molar-refractivity contribution in [3.63, 3.8) is 0 Å². The molecule has 0 spiro atoms. The monoisotopic (exact) mass is 242 g/mol. The molecule has 0 aromatic rings. The Morgan fingerprint density at radius 1 is 1.47 bits per heavy atom. The first kappa shape index (κ1) is 12.8. The summed E-state index contributed by atoms with van der Waals surface area (Å²) in [7, 11) is 0. The first-order chi connectivity index (χ1) is 8.26. The summed E-state index contributed by atoms with van der Waals surface area (Å²) in [6, 6.07) is 0. The van der Waals surface area contributed by atoms with Crippen LogP contribution >= 0.6 is 0 Å².